The lowest BCUT2D eigenvalue weighted by Crippen LogP contribution is -2.60. The van der Waals surface area contributed by atoms with E-state index in [9.17, 15) is 27.6 Å². The molecule has 3 amide bonds. The minimum absolute atomic E-state index is 0.0642. The molecule has 5 rings (SSSR count). The Bertz CT molecular complexity index is 1440. The van der Waals surface area contributed by atoms with E-state index in [1.807, 2.05) is 11.9 Å². The van der Waals surface area contributed by atoms with Gasteiger partial charge in [0.2, 0.25) is 17.7 Å². The summed E-state index contributed by atoms with van der Waals surface area (Å²) in [6.07, 6.45) is -2.85. The van der Waals surface area contributed by atoms with Gasteiger partial charge in [-0.15, -0.1) is 0 Å². The number of benzene rings is 1. The Morgan fingerprint density at radius 3 is 2.58 bits per heavy atom. The summed E-state index contributed by atoms with van der Waals surface area (Å²) >= 11 is 0. The smallest absolute Gasteiger partial charge is 0.367 e. The monoisotopic (exact) mass is 602 g/mol. The highest BCUT2D eigenvalue weighted by molar-refractivity contribution is 6.10. The molecule has 43 heavy (non-hydrogen) atoms. The number of hydrogen-bond acceptors (Lipinski definition) is 6. The van der Waals surface area contributed by atoms with Crippen LogP contribution >= 0.6 is 0 Å². The van der Waals surface area contributed by atoms with Gasteiger partial charge in [0, 0.05) is 57.3 Å². The first-order valence-electron chi connectivity index (χ1n) is 14.1. The quantitative estimate of drug-likeness (QED) is 0.357. The third-order valence-electron chi connectivity index (χ3n) is 8.54. The van der Waals surface area contributed by atoms with E-state index >= 15 is 4.39 Å². The molecule has 0 radical (unpaired) electrons. The molecule has 4 heterocycles. The maximum absolute atomic E-state index is 15.4. The Morgan fingerprint density at radius 1 is 1.19 bits per heavy atom. The molecule has 9 nitrogen and oxygen atoms in total. The van der Waals surface area contributed by atoms with Gasteiger partial charge < -0.3 is 14.7 Å². The second-order valence-corrected chi connectivity index (χ2v) is 11.4. The fourth-order valence-electron chi connectivity index (χ4n) is 6.20. The van der Waals surface area contributed by atoms with Gasteiger partial charge in [-0.25, -0.2) is 9.37 Å². The van der Waals surface area contributed by atoms with Crippen molar-refractivity contribution in [3.63, 3.8) is 0 Å². The molecule has 13 heteroatoms. The van der Waals surface area contributed by atoms with Crippen molar-refractivity contribution in [1.29, 1.82) is 0 Å². The maximum atomic E-state index is 15.4. The predicted octanol–water partition coefficient (Wildman–Crippen LogP) is 3.47. The van der Waals surface area contributed by atoms with E-state index in [2.05, 4.69) is 16.5 Å². The van der Waals surface area contributed by atoms with Gasteiger partial charge in [0.05, 0.1) is 16.9 Å². The normalized spacial score (nSPS) is 21.0. The highest BCUT2D eigenvalue weighted by Gasteiger charge is 2.49. The molecule has 0 unspecified atom stereocenters. The summed E-state index contributed by atoms with van der Waals surface area (Å²) < 4.78 is 56.3. The van der Waals surface area contributed by atoms with Gasteiger partial charge >= 0.3 is 6.18 Å². The Labute approximate surface area is 247 Å². The van der Waals surface area contributed by atoms with Crippen molar-refractivity contribution in [3.8, 4) is 0 Å². The molecule has 2 fully saturated rings. The minimum atomic E-state index is -4.66. The Balaban J connectivity index is 1.41. The molecule has 2 aromatic rings. The summed E-state index contributed by atoms with van der Waals surface area (Å²) in [4.78, 5) is 51.2. The standard InChI is InChI=1S/C30H34F4N6O3/c1-5-25(41)39-16-21(17-39)36(3)10-7-11-38-15-19-13-26(42)40(24-14-20(30(32,33)34)12-18(2)35-24)27(19)29(43)37(4)23-9-6-8-22(31)28(23)38/h5-6,8-9,12,14,19,21,27H,1,7,10-11,13,15-17H2,2-4H3/t19-,27+/m1/s1. The summed E-state index contributed by atoms with van der Waals surface area (Å²) in [6.45, 7) is 7.31. The number of likely N-dealkylation sites (tertiary alicyclic amines) is 1. The second kappa shape index (κ2) is 11.6. The van der Waals surface area contributed by atoms with Crippen LogP contribution in [0.1, 0.15) is 24.1 Å². The summed E-state index contributed by atoms with van der Waals surface area (Å²) in [5, 5.41) is 0. The van der Waals surface area contributed by atoms with Gasteiger partial charge in [-0.1, -0.05) is 12.6 Å². The van der Waals surface area contributed by atoms with E-state index < -0.39 is 41.3 Å². The number of carbonyl (C=O) groups excluding carboxylic acids is 3. The zero-order valence-electron chi connectivity index (χ0n) is 24.3. The van der Waals surface area contributed by atoms with Gasteiger partial charge in [0.1, 0.15) is 17.7 Å². The number of fused-ring (bicyclic) bond motifs is 2. The summed E-state index contributed by atoms with van der Waals surface area (Å²) in [6, 6.07) is 5.19. The van der Waals surface area contributed by atoms with Crippen molar-refractivity contribution in [2.45, 2.75) is 38.0 Å². The summed E-state index contributed by atoms with van der Waals surface area (Å²) in [7, 11) is 3.44. The molecule has 230 valence electrons. The molecule has 2 atom stereocenters. The first kappa shape index (κ1) is 30.5. The van der Waals surface area contributed by atoms with E-state index in [0.29, 0.717) is 38.3 Å². The number of anilines is 3. The second-order valence-electron chi connectivity index (χ2n) is 11.4. The molecule has 0 spiro atoms. The molecular formula is C30H34F4N6O3. The lowest BCUT2D eigenvalue weighted by atomic mass is 9.95. The van der Waals surface area contributed by atoms with E-state index in [-0.39, 0.29) is 42.1 Å². The number of pyridine rings is 1. The highest BCUT2D eigenvalue weighted by atomic mass is 19.4. The van der Waals surface area contributed by atoms with Crippen LogP contribution in [0.25, 0.3) is 0 Å². The van der Waals surface area contributed by atoms with E-state index in [4.69, 9.17) is 0 Å². The topological polar surface area (TPSA) is 80.3 Å². The molecule has 1 aromatic carbocycles. The first-order valence-corrected chi connectivity index (χ1v) is 14.1. The number of halogens is 4. The number of amides is 3. The number of carbonyl (C=O) groups is 3. The number of aryl methyl sites for hydroxylation is 1. The number of likely N-dealkylation sites (N-methyl/N-ethyl adjacent to an activating group) is 2. The van der Waals surface area contributed by atoms with Crippen LogP contribution < -0.4 is 14.7 Å². The highest BCUT2D eigenvalue weighted by Crippen LogP contribution is 2.41. The molecule has 0 N–H and O–H groups in total. The van der Waals surface area contributed by atoms with Gasteiger partial charge in [0.25, 0.3) is 0 Å². The van der Waals surface area contributed by atoms with Crippen LogP contribution in [0.3, 0.4) is 0 Å². The van der Waals surface area contributed by atoms with Crippen LogP contribution in [-0.2, 0) is 20.6 Å². The lowest BCUT2D eigenvalue weighted by Gasteiger charge is -2.44. The van der Waals surface area contributed by atoms with Crippen molar-refractivity contribution in [2.24, 2.45) is 5.92 Å². The average Bonchev–Trinajstić information content (AvgIpc) is 3.24. The average molecular weight is 603 g/mol. The SMILES string of the molecule is C=CC(=O)N1CC(N(C)CCCN2C[C@H]3CC(=O)N(c4cc(C(F)(F)F)cc(C)n4)[C@@H]3C(=O)N(C)c3cccc(F)c32)C1. The molecule has 2 saturated heterocycles. The van der Waals surface area contributed by atoms with Gasteiger partial charge in [-0.2, -0.15) is 13.2 Å². The number of para-hydroxylation sites is 1. The Kier molecular flexibility index (Phi) is 8.21. The number of rotatable bonds is 7. The fraction of sp³-hybridized carbons (Fsp3) is 0.467. The zero-order valence-corrected chi connectivity index (χ0v) is 24.3. The van der Waals surface area contributed by atoms with Gasteiger partial charge in [-0.3, -0.25) is 24.2 Å². The molecule has 0 aliphatic carbocycles. The van der Waals surface area contributed by atoms with Crippen molar-refractivity contribution in [1.82, 2.24) is 14.8 Å². The third-order valence-corrected chi connectivity index (χ3v) is 8.54. The Morgan fingerprint density at radius 2 is 1.91 bits per heavy atom. The number of alkyl halides is 3. The van der Waals surface area contributed by atoms with E-state index in [1.165, 1.54) is 37.1 Å². The molecule has 0 saturated carbocycles. The van der Waals surface area contributed by atoms with Crippen molar-refractivity contribution < 1.29 is 31.9 Å². The van der Waals surface area contributed by atoms with E-state index in [0.717, 1.165) is 17.0 Å². The molecule has 3 aliphatic rings. The van der Waals surface area contributed by atoms with Crippen LogP contribution in [-0.4, -0.2) is 91.4 Å². The van der Waals surface area contributed by atoms with Gasteiger partial charge in [0.15, 0.2) is 0 Å². The first-order chi connectivity index (χ1) is 20.3. The van der Waals surface area contributed by atoms with Crippen LogP contribution in [0.4, 0.5) is 34.8 Å². The number of nitrogens with zero attached hydrogens (tertiary/aromatic N) is 6. The number of aromatic nitrogens is 1. The zero-order chi connectivity index (χ0) is 31.2. The van der Waals surface area contributed by atoms with Crippen molar-refractivity contribution in [3.05, 3.63) is 60.1 Å². The minimum Gasteiger partial charge on any atom is -0.367 e. The molecule has 0 bridgehead atoms. The number of hydrogen-bond donors (Lipinski definition) is 0. The molecular weight excluding hydrogens is 568 g/mol. The lowest BCUT2D eigenvalue weighted by molar-refractivity contribution is -0.137. The van der Waals surface area contributed by atoms with Crippen LogP contribution in [0.5, 0.6) is 0 Å². The van der Waals surface area contributed by atoms with Crippen LogP contribution in [0, 0.1) is 18.7 Å². The van der Waals surface area contributed by atoms with Crippen LogP contribution in [0.15, 0.2) is 43.0 Å². The third kappa shape index (κ3) is 5.82. The fourth-order valence-corrected chi connectivity index (χ4v) is 6.20. The summed E-state index contributed by atoms with van der Waals surface area (Å²) in [5.74, 6) is -2.52. The van der Waals surface area contributed by atoms with E-state index in [1.54, 1.807) is 11.0 Å². The molecule has 1 aromatic heterocycles. The maximum Gasteiger partial charge on any atom is 0.416 e. The molecule has 3 aliphatic heterocycles. The van der Waals surface area contributed by atoms with Crippen molar-refractivity contribution in [2.75, 3.05) is 61.5 Å². The van der Waals surface area contributed by atoms with Crippen LogP contribution in [0.2, 0.25) is 0 Å². The largest absolute Gasteiger partial charge is 0.416 e. The van der Waals surface area contributed by atoms with Gasteiger partial charge in [-0.05, 0) is 57.3 Å². The van der Waals surface area contributed by atoms with Crippen molar-refractivity contribution >= 4 is 34.9 Å². The Hall–Kier alpha value is -4.00. The predicted molar refractivity (Wildman–Crippen MR) is 153 cm³/mol. The summed E-state index contributed by atoms with van der Waals surface area (Å²) in [5.41, 5.74) is -0.347.